The van der Waals surface area contributed by atoms with Crippen LogP contribution in [0.3, 0.4) is 0 Å². The van der Waals surface area contributed by atoms with Gasteiger partial charge in [0.1, 0.15) is 17.3 Å². The monoisotopic (exact) mass is 500 g/mol. The lowest BCUT2D eigenvalue weighted by molar-refractivity contribution is -0.249. The van der Waals surface area contributed by atoms with E-state index in [2.05, 4.69) is 41.5 Å². The highest BCUT2D eigenvalue weighted by Gasteiger charge is 2.73. The second kappa shape index (κ2) is 8.06. The molecule has 5 saturated carbocycles. The first-order chi connectivity index (χ1) is 16.7. The van der Waals surface area contributed by atoms with E-state index in [1.54, 1.807) is 6.92 Å². The Bertz CT molecular complexity index is 961. The summed E-state index contributed by atoms with van der Waals surface area (Å²) in [5, 5.41) is 10.4. The van der Waals surface area contributed by atoms with E-state index in [0.717, 1.165) is 19.3 Å². The third kappa shape index (κ3) is 3.04. The molecule has 5 heteroatoms. The summed E-state index contributed by atoms with van der Waals surface area (Å²) < 4.78 is 5.39. The molecule has 0 amide bonds. The highest BCUT2D eigenvalue weighted by atomic mass is 16.5. The quantitative estimate of drug-likeness (QED) is 0.446. The first kappa shape index (κ1) is 26.2. The lowest BCUT2D eigenvalue weighted by Crippen LogP contribution is -2.70. The molecule has 202 valence electrons. The van der Waals surface area contributed by atoms with Crippen molar-refractivity contribution in [3.8, 4) is 0 Å². The van der Waals surface area contributed by atoms with Crippen molar-refractivity contribution in [1.29, 1.82) is 0 Å². The molecule has 0 aromatic heterocycles. The second-order valence-corrected chi connectivity index (χ2v) is 15.0. The molecular weight excluding hydrogens is 452 g/mol. The number of Topliss-reactive ketones (excluding diaryl/α,β-unsaturated/α-hetero) is 1. The van der Waals surface area contributed by atoms with Gasteiger partial charge in [0.15, 0.2) is 0 Å². The number of carboxylic acid groups (broad SMARTS) is 1. The molecule has 0 radical (unpaired) electrons. The molecule has 0 saturated heterocycles. The maximum Gasteiger partial charge on any atom is 0.313 e. The molecule has 0 aromatic carbocycles. The average Bonchev–Trinajstić information content (AvgIpc) is 2.80. The fourth-order valence-electron chi connectivity index (χ4n) is 11.7. The Labute approximate surface area is 217 Å². The number of rotatable bonds is 3. The Morgan fingerprint density at radius 3 is 2.28 bits per heavy atom. The lowest BCUT2D eigenvalue weighted by atomic mass is 9.31. The number of fused-ring (bicyclic) bond motifs is 7. The van der Waals surface area contributed by atoms with Crippen molar-refractivity contribution >= 4 is 18.2 Å². The van der Waals surface area contributed by atoms with Crippen molar-refractivity contribution in [2.24, 2.45) is 62.6 Å². The molecule has 0 heterocycles. The van der Waals surface area contributed by atoms with Crippen LogP contribution in [0.2, 0.25) is 0 Å². The van der Waals surface area contributed by atoms with Crippen molar-refractivity contribution in [1.82, 2.24) is 0 Å². The largest absolute Gasteiger partial charge is 0.481 e. The predicted octanol–water partition coefficient (Wildman–Crippen LogP) is 6.53. The van der Waals surface area contributed by atoms with Crippen molar-refractivity contribution in [2.45, 2.75) is 112 Å². The van der Waals surface area contributed by atoms with Crippen molar-refractivity contribution in [3.05, 3.63) is 0 Å². The van der Waals surface area contributed by atoms with Gasteiger partial charge in [0.2, 0.25) is 0 Å². The minimum absolute atomic E-state index is 0.0742. The zero-order chi connectivity index (χ0) is 26.5. The van der Waals surface area contributed by atoms with Crippen LogP contribution in [-0.4, -0.2) is 29.4 Å². The van der Waals surface area contributed by atoms with Gasteiger partial charge >= 0.3 is 5.97 Å². The zero-order valence-corrected chi connectivity index (χ0v) is 23.6. The standard InChI is InChI=1S/C31H48O5/c1-18-8-11-27(3)14-15-29(5)20(24(27)19(18)2)16-21(33)25-28(4)12-10-23(36-17-32)31(7,26(34)35)22(28)9-13-30(25,29)6/h17-20,22-25H,8-16H2,1-7H3,(H,34,35)/t18-,19?,20?,22?,23-,24?,25?,27-,28+,29-,30-,31-/m1/s1. The summed E-state index contributed by atoms with van der Waals surface area (Å²) in [6.07, 6.45) is 7.87. The molecule has 5 nitrogen and oxygen atoms in total. The van der Waals surface area contributed by atoms with Gasteiger partial charge in [-0.25, -0.2) is 0 Å². The van der Waals surface area contributed by atoms with Crippen LogP contribution in [-0.2, 0) is 19.1 Å². The summed E-state index contributed by atoms with van der Waals surface area (Å²) in [6, 6.07) is 0. The molecule has 0 aliphatic heterocycles. The summed E-state index contributed by atoms with van der Waals surface area (Å²) in [6.45, 7) is 16.6. The molecule has 5 fully saturated rings. The molecule has 5 aliphatic rings. The van der Waals surface area contributed by atoms with Crippen molar-refractivity contribution < 1.29 is 24.2 Å². The average molecular weight is 501 g/mol. The van der Waals surface area contributed by atoms with Crippen molar-refractivity contribution in [2.75, 3.05) is 0 Å². The van der Waals surface area contributed by atoms with Crippen LogP contribution in [0.4, 0.5) is 0 Å². The Morgan fingerprint density at radius 1 is 0.944 bits per heavy atom. The van der Waals surface area contributed by atoms with Gasteiger partial charge in [-0.2, -0.15) is 0 Å². The van der Waals surface area contributed by atoms with E-state index in [9.17, 15) is 19.5 Å². The van der Waals surface area contributed by atoms with Gasteiger partial charge in [-0.3, -0.25) is 14.4 Å². The summed E-state index contributed by atoms with van der Waals surface area (Å²) in [5.74, 6) is 1.45. The van der Waals surface area contributed by atoms with E-state index in [1.165, 1.54) is 25.7 Å². The normalized spacial score (nSPS) is 56.4. The molecule has 5 unspecified atom stereocenters. The van der Waals surface area contributed by atoms with Gasteiger partial charge in [-0.15, -0.1) is 0 Å². The minimum atomic E-state index is -1.17. The lowest BCUT2D eigenvalue weighted by Gasteiger charge is -2.73. The molecule has 12 atom stereocenters. The number of ketones is 1. The number of ether oxygens (including phenoxy) is 1. The Morgan fingerprint density at radius 2 is 1.64 bits per heavy atom. The van der Waals surface area contributed by atoms with Gasteiger partial charge in [0, 0.05) is 12.3 Å². The first-order valence-corrected chi connectivity index (χ1v) is 14.6. The summed E-state index contributed by atoms with van der Waals surface area (Å²) in [4.78, 5) is 38.4. The molecule has 5 rings (SSSR count). The highest BCUT2D eigenvalue weighted by Crippen LogP contribution is 2.76. The smallest absolute Gasteiger partial charge is 0.313 e. The van der Waals surface area contributed by atoms with Crippen LogP contribution in [0.25, 0.3) is 0 Å². The summed E-state index contributed by atoms with van der Waals surface area (Å²) in [5.41, 5.74) is -1.32. The van der Waals surface area contributed by atoms with Crippen LogP contribution < -0.4 is 0 Å². The maximum absolute atomic E-state index is 14.4. The van der Waals surface area contributed by atoms with E-state index in [-0.39, 0.29) is 22.7 Å². The van der Waals surface area contributed by atoms with Gasteiger partial charge in [-0.05, 0) is 110 Å². The number of aliphatic carboxylic acids is 1. The van der Waals surface area contributed by atoms with Crippen LogP contribution >= 0.6 is 0 Å². The zero-order valence-electron chi connectivity index (χ0n) is 23.6. The molecule has 1 N–H and O–H groups in total. The molecule has 0 bridgehead atoms. The number of carbonyl (C=O) groups excluding carboxylic acids is 2. The molecular formula is C31H48O5. The summed E-state index contributed by atoms with van der Waals surface area (Å²) in [7, 11) is 0. The topological polar surface area (TPSA) is 80.7 Å². The van der Waals surface area contributed by atoms with E-state index in [4.69, 9.17) is 4.74 Å². The van der Waals surface area contributed by atoms with E-state index in [0.29, 0.717) is 54.2 Å². The third-order valence-corrected chi connectivity index (χ3v) is 14.0. The van der Waals surface area contributed by atoms with Crippen LogP contribution in [0.1, 0.15) is 106 Å². The Kier molecular flexibility index (Phi) is 5.87. The SMILES string of the molecule is CC1C2C3CC(=O)C4[C@@]5(C)CC[C@@H](OC=O)[C@](C)(C(=O)O)C5CC[C@@]4(C)[C@]3(C)CC[C@@]2(C)CC[C@H]1C. The number of carboxylic acids is 1. The van der Waals surface area contributed by atoms with E-state index < -0.39 is 22.9 Å². The summed E-state index contributed by atoms with van der Waals surface area (Å²) >= 11 is 0. The number of hydrogen-bond donors (Lipinski definition) is 1. The first-order valence-electron chi connectivity index (χ1n) is 14.6. The van der Waals surface area contributed by atoms with Gasteiger partial charge in [0.25, 0.3) is 6.47 Å². The Balaban J connectivity index is 1.58. The van der Waals surface area contributed by atoms with Gasteiger partial charge in [-0.1, -0.05) is 41.5 Å². The van der Waals surface area contributed by atoms with Gasteiger partial charge < -0.3 is 9.84 Å². The fourth-order valence-corrected chi connectivity index (χ4v) is 11.7. The highest BCUT2D eigenvalue weighted by molar-refractivity contribution is 5.85. The Hall–Kier alpha value is -1.39. The van der Waals surface area contributed by atoms with E-state index >= 15 is 0 Å². The second-order valence-electron chi connectivity index (χ2n) is 15.0. The third-order valence-electron chi connectivity index (χ3n) is 14.0. The minimum Gasteiger partial charge on any atom is -0.481 e. The molecule has 0 aromatic rings. The van der Waals surface area contributed by atoms with Crippen molar-refractivity contribution in [3.63, 3.8) is 0 Å². The maximum atomic E-state index is 14.4. The fraction of sp³-hybridized carbons (Fsp3) is 0.903. The predicted molar refractivity (Wildman–Crippen MR) is 138 cm³/mol. The molecule has 5 aliphatic carbocycles. The number of carbonyl (C=O) groups is 3. The van der Waals surface area contributed by atoms with Crippen LogP contribution in [0.5, 0.6) is 0 Å². The van der Waals surface area contributed by atoms with E-state index in [1.807, 2.05) is 0 Å². The van der Waals surface area contributed by atoms with Gasteiger partial charge in [0.05, 0.1) is 0 Å². The molecule has 36 heavy (non-hydrogen) atoms. The van der Waals surface area contributed by atoms with Crippen LogP contribution in [0, 0.1) is 62.6 Å². The molecule has 0 spiro atoms. The number of hydrogen-bond acceptors (Lipinski definition) is 4. The van der Waals surface area contributed by atoms with Crippen LogP contribution in [0.15, 0.2) is 0 Å².